The zero-order valence-corrected chi connectivity index (χ0v) is 16.8. The van der Waals surface area contributed by atoms with Gasteiger partial charge < -0.3 is 10.1 Å². The second-order valence-corrected chi connectivity index (χ2v) is 6.72. The SMILES string of the molecule is C=CCOc1ccc(Br)cc1C=NNC(=O)C(=O)Nc1ccc(C)c(Cl)c1. The minimum Gasteiger partial charge on any atom is -0.489 e. The van der Waals surface area contributed by atoms with Crippen LogP contribution in [0.15, 0.2) is 58.6 Å². The molecule has 0 atom stereocenters. The molecule has 0 aromatic heterocycles. The Morgan fingerprint density at radius 1 is 1.26 bits per heavy atom. The number of carbonyl (C=O) groups excluding carboxylic acids is 2. The third kappa shape index (κ3) is 6.23. The van der Waals surface area contributed by atoms with Crippen molar-refractivity contribution >= 4 is 51.2 Å². The normalized spacial score (nSPS) is 10.5. The standard InChI is InChI=1S/C19H17BrClN3O3/c1-3-8-27-17-7-5-14(20)9-13(17)11-22-24-19(26)18(25)23-15-6-4-12(2)16(21)10-15/h3-7,9-11H,1,8H2,2H3,(H,23,25)(H,24,26). The first-order valence-corrected chi connectivity index (χ1v) is 9.01. The molecule has 0 aliphatic carbocycles. The minimum absolute atomic E-state index is 0.330. The average molecular weight is 451 g/mol. The number of aryl methyl sites for hydroxylation is 1. The summed E-state index contributed by atoms with van der Waals surface area (Å²) in [6, 6.07) is 10.3. The molecular formula is C19H17BrClN3O3. The van der Waals surface area contributed by atoms with E-state index in [0.717, 1.165) is 10.0 Å². The molecule has 140 valence electrons. The summed E-state index contributed by atoms with van der Waals surface area (Å²) in [6.45, 7) is 5.76. The summed E-state index contributed by atoms with van der Waals surface area (Å²) in [5.41, 5.74) is 4.08. The highest BCUT2D eigenvalue weighted by molar-refractivity contribution is 9.10. The Hall–Kier alpha value is -2.64. The van der Waals surface area contributed by atoms with Crippen molar-refractivity contribution in [2.75, 3.05) is 11.9 Å². The molecule has 0 bridgehead atoms. The van der Waals surface area contributed by atoms with Crippen LogP contribution in [0, 0.1) is 6.92 Å². The molecule has 0 fully saturated rings. The molecule has 27 heavy (non-hydrogen) atoms. The number of anilines is 1. The molecule has 0 saturated carbocycles. The van der Waals surface area contributed by atoms with Crippen LogP contribution in [-0.2, 0) is 9.59 Å². The van der Waals surface area contributed by atoms with Crippen LogP contribution in [0.5, 0.6) is 5.75 Å². The van der Waals surface area contributed by atoms with Gasteiger partial charge in [0.05, 0.1) is 6.21 Å². The summed E-state index contributed by atoms with van der Waals surface area (Å²) in [5.74, 6) is -1.20. The second kappa shape index (κ2) is 9.89. The number of carbonyl (C=O) groups is 2. The average Bonchev–Trinajstić information content (AvgIpc) is 2.64. The summed E-state index contributed by atoms with van der Waals surface area (Å²) in [7, 11) is 0. The monoisotopic (exact) mass is 449 g/mol. The van der Waals surface area contributed by atoms with E-state index in [0.29, 0.717) is 28.6 Å². The van der Waals surface area contributed by atoms with Crippen LogP contribution in [0.2, 0.25) is 5.02 Å². The molecule has 2 rings (SSSR count). The molecule has 0 unspecified atom stereocenters. The number of hydrogen-bond donors (Lipinski definition) is 2. The van der Waals surface area contributed by atoms with Crippen molar-refractivity contribution in [3.63, 3.8) is 0 Å². The number of rotatable bonds is 6. The smallest absolute Gasteiger partial charge is 0.329 e. The molecule has 0 radical (unpaired) electrons. The van der Waals surface area contributed by atoms with Crippen LogP contribution in [-0.4, -0.2) is 24.6 Å². The first-order valence-electron chi connectivity index (χ1n) is 7.84. The predicted octanol–water partition coefficient (Wildman–Crippen LogP) is 4.06. The van der Waals surface area contributed by atoms with Gasteiger partial charge in [-0.05, 0) is 42.8 Å². The number of hydrazone groups is 1. The molecule has 0 saturated heterocycles. The Morgan fingerprint density at radius 2 is 2.04 bits per heavy atom. The van der Waals surface area contributed by atoms with Gasteiger partial charge in [-0.15, -0.1) is 0 Å². The van der Waals surface area contributed by atoms with Gasteiger partial charge in [0.15, 0.2) is 0 Å². The molecule has 0 aliphatic rings. The van der Waals surface area contributed by atoms with Gasteiger partial charge in [-0.25, -0.2) is 5.43 Å². The lowest BCUT2D eigenvalue weighted by Gasteiger charge is -2.07. The minimum atomic E-state index is -0.911. The Bertz CT molecular complexity index is 900. The van der Waals surface area contributed by atoms with Crippen LogP contribution in [0.1, 0.15) is 11.1 Å². The molecule has 8 heteroatoms. The van der Waals surface area contributed by atoms with E-state index in [1.54, 1.807) is 36.4 Å². The van der Waals surface area contributed by atoms with E-state index in [1.165, 1.54) is 6.21 Å². The van der Waals surface area contributed by atoms with Gasteiger partial charge in [0.1, 0.15) is 12.4 Å². The Labute approximate surface area is 170 Å². The van der Waals surface area contributed by atoms with E-state index in [2.05, 4.69) is 38.4 Å². The van der Waals surface area contributed by atoms with Crippen molar-refractivity contribution in [3.8, 4) is 5.75 Å². The van der Waals surface area contributed by atoms with Crippen molar-refractivity contribution in [3.05, 3.63) is 69.7 Å². The third-order valence-corrected chi connectivity index (χ3v) is 4.23. The fourth-order valence-electron chi connectivity index (χ4n) is 1.97. The maximum atomic E-state index is 11.9. The van der Waals surface area contributed by atoms with Crippen LogP contribution < -0.4 is 15.5 Å². The summed E-state index contributed by atoms with van der Waals surface area (Å²) in [6.07, 6.45) is 3.00. The van der Waals surface area contributed by atoms with Gasteiger partial charge in [0, 0.05) is 20.7 Å². The molecule has 0 spiro atoms. The van der Waals surface area contributed by atoms with Gasteiger partial charge in [-0.1, -0.05) is 46.3 Å². The van der Waals surface area contributed by atoms with E-state index in [9.17, 15) is 9.59 Å². The van der Waals surface area contributed by atoms with Crippen molar-refractivity contribution in [2.24, 2.45) is 5.10 Å². The predicted molar refractivity (Wildman–Crippen MR) is 110 cm³/mol. The van der Waals surface area contributed by atoms with Crippen LogP contribution in [0.4, 0.5) is 5.69 Å². The molecule has 2 amide bonds. The van der Waals surface area contributed by atoms with Gasteiger partial charge in [0.25, 0.3) is 0 Å². The highest BCUT2D eigenvalue weighted by atomic mass is 79.9. The number of nitrogens with zero attached hydrogens (tertiary/aromatic N) is 1. The highest BCUT2D eigenvalue weighted by Crippen LogP contribution is 2.22. The van der Waals surface area contributed by atoms with Crippen LogP contribution in [0.3, 0.4) is 0 Å². The largest absolute Gasteiger partial charge is 0.489 e. The summed E-state index contributed by atoms with van der Waals surface area (Å²) in [4.78, 5) is 23.8. The number of amides is 2. The molecule has 2 N–H and O–H groups in total. The molecule has 2 aromatic rings. The van der Waals surface area contributed by atoms with Crippen molar-refractivity contribution in [2.45, 2.75) is 6.92 Å². The molecule has 0 heterocycles. The molecule has 6 nitrogen and oxygen atoms in total. The number of halogens is 2. The Morgan fingerprint density at radius 3 is 2.74 bits per heavy atom. The van der Waals surface area contributed by atoms with Crippen molar-refractivity contribution in [1.82, 2.24) is 5.43 Å². The van der Waals surface area contributed by atoms with Gasteiger partial charge in [-0.2, -0.15) is 5.10 Å². The van der Waals surface area contributed by atoms with Gasteiger partial charge in [0.2, 0.25) is 0 Å². The van der Waals surface area contributed by atoms with E-state index in [4.69, 9.17) is 16.3 Å². The fraction of sp³-hybridized carbons (Fsp3) is 0.105. The number of ether oxygens (including phenoxy) is 1. The zero-order chi connectivity index (χ0) is 19.8. The first-order chi connectivity index (χ1) is 12.9. The number of hydrogen-bond acceptors (Lipinski definition) is 4. The maximum Gasteiger partial charge on any atom is 0.329 e. The maximum absolute atomic E-state index is 11.9. The Balaban J connectivity index is 1.99. The topological polar surface area (TPSA) is 79.8 Å². The van der Waals surface area contributed by atoms with E-state index >= 15 is 0 Å². The summed E-state index contributed by atoms with van der Waals surface area (Å²) < 4.78 is 6.33. The second-order valence-electron chi connectivity index (χ2n) is 5.40. The zero-order valence-electron chi connectivity index (χ0n) is 14.5. The highest BCUT2D eigenvalue weighted by Gasteiger charge is 2.13. The van der Waals surface area contributed by atoms with Gasteiger partial charge in [-0.3, -0.25) is 9.59 Å². The van der Waals surface area contributed by atoms with Crippen LogP contribution >= 0.6 is 27.5 Å². The van der Waals surface area contributed by atoms with Crippen LogP contribution in [0.25, 0.3) is 0 Å². The van der Waals surface area contributed by atoms with E-state index < -0.39 is 11.8 Å². The molecule has 2 aromatic carbocycles. The Kier molecular flexibility index (Phi) is 7.57. The third-order valence-electron chi connectivity index (χ3n) is 3.33. The van der Waals surface area contributed by atoms with E-state index in [1.807, 2.05) is 13.0 Å². The lowest BCUT2D eigenvalue weighted by molar-refractivity contribution is -0.136. The first kappa shape index (κ1) is 20.7. The lowest BCUT2D eigenvalue weighted by atomic mass is 10.2. The summed E-state index contributed by atoms with van der Waals surface area (Å²) in [5, 5.41) is 6.76. The van der Waals surface area contributed by atoms with Crippen molar-refractivity contribution in [1.29, 1.82) is 0 Å². The van der Waals surface area contributed by atoms with E-state index in [-0.39, 0.29) is 0 Å². The van der Waals surface area contributed by atoms with Gasteiger partial charge >= 0.3 is 11.8 Å². The summed E-state index contributed by atoms with van der Waals surface area (Å²) >= 11 is 9.35. The van der Waals surface area contributed by atoms with Crippen molar-refractivity contribution < 1.29 is 14.3 Å². The molecular weight excluding hydrogens is 434 g/mol. The number of nitrogens with one attached hydrogen (secondary N) is 2. The number of benzene rings is 2. The molecule has 0 aliphatic heterocycles. The fourth-order valence-corrected chi connectivity index (χ4v) is 2.53. The quantitative estimate of drug-likeness (QED) is 0.301. The lowest BCUT2D eigenvalue weighted by Crippen LogP contribution is -2.32.